The molecule has 0 saturated heterocycles. The molecule has 1 heterocycles. The van der Waals surface area contributed by atoms with Crippen LogP contribution in [-0.2, 0) is 6.42 Å². The number of hydrogen-bond acceptors (Lipinski definition) is 1. The standard InChI is InChI=1S/C13H14FNO/c1-3-4-10-7-12(16)11-6-9(14)5-8(2)13(11)15-10/h5-7H,3-4H2,1-2H3,(H,15,16). The SMILES string of the molecule is CCCc1cc(=O)c2cc(F)cc(C)c2[nH]1. The summed E-state index contributed by atoms with van der Waals surface area (Å²) in [6.45, 7) is 3.86. The molecule has 0 aliphatic heterocycles. The number of pyridine rings is 1. The van der Waals surface area contributed by atoms with Crippen LogP contribution in [0.5, 0.6) is 0 Å². The van der Waals surface area contributed by atoms with E-state index in [0.29, 0.717) is 5.39 Å². The molecule has 2 aromatic rings. The maximum absolute atomic E-state index is 13.2. The molecule has 0 fully saturated rings. The largest absolute Gasteiger partial charge is 0.358 e. The molecule has 1 aromatic heterocycles. The number of H-pyrrole nitrogens is 1. The molecule has 0 bridgehead atoms. The first-order chi connectivity index (χ1) is 7.61. The van der Waals surface area contributed by atoms with Gasteiger partial charge in [-0.2, -0.15) is 0 Å². The average molecular weight is 219 g/mol. The fourth-order valence-corrected chi connectivity index (χ4v) is 1.94. The average Bonchev–Trinajstić information content (AvgIpc) is 2.20. The van der Waals surface area contributed by atoms with Gasteiger partial charge in [0.2, 0.25) is 0 Å². The van der Waals surface area contributed by atoms with E-state index in [1.165, 1.54) is 12.1 Å². The van der Waals surface area contributed by atoms with Gasteiger partial charge < -0.3 is 4.98 Å². The van der Waals surface area contributed by atoms with Crippen molar-refractivity contribution in [2.75, 3.05) is 0 Å². The van der Waals surface area contributed by atoms with Gasteiger partial charge in [-0.1, -0.05) is 13.3 Å². The van der Waals surface area contributed by atoms with Gasteiger partial charge in [0, 0.05) is 17.1 Å². The van der Waals surface area contributed by atoms with Gasteiger partial charge in [-0.05, 0) is 31.0 Å². The van der Waals surface area contributed by atoms with E-state index in [-0.39, 0.29) is 11.2 Å². The van der Waals surface area contributed by atoms with Crippen molar-refractivity contribution < 1.29 is 4.39 Å². The molecule has 2 rings (SSSR count). The van der Waals surface area contributed by atoms with Gasteiger partial charge in [0.05, 0.1) is 5.52 Å². The highest BCUT2D eigenvalue weighted by Crippen LogP contribution is 2.16. The number of benzene rings is 1. The second kappa shape index (κ2) is 4.08. The Hall–Kier alpha value is -1.64. The van der Waals surface area contributed by atoms with Crippen molar-refractivity contribution in [1.29, 1.82) is 0 Å². The topological polar surface area (TPSA) is 32.9 Å². The van der Waals surface area contributed by atoms with Crippen LogP contribution in [0.25, 0.3) is 10.9 Å². The summed E-state index contributed by atoms with van der Waals surface area (Å²) >= 11 is 0. The van der Waals surface area contributed by atoms with Crippen molar-refractivity contribution in [3.05, 3.63) is 45.5 Å². The minimum atomic E-state index is -0.362. The van der Waals surface area contributed by atoms with E-state index in [0.717, 1.165) is 29.6 Å². The van der Waals surface area contributed by atoms with Crippen molar-refractivity contribution in [2.45, 2.75) is 26.7 Å². The second-order valence-corrected chi connectivity index (χ2v) is 4.05. The van der Waals surface area contributed by atoms with Crippen molar-refractivity contribution in [3.63, 3.8) is 0 Å². The van der Waals surface area contributed by atoms with Crippen LogP contribution in [0.4, 0.5) is 4.39 Å². The van der Waals surface area contributed by atoms with E-state index in [1.54, 1.807) is 13.0 Å². The van der Waals surface area contributed by atoms with Gasteiger partial charge in [0.15, 0.2) is 5.43 Å². The minimum absolute atomic E-state index is 0.111. The van der Waals surface area contributed by atoms with Gasteiger partial charge in [-0.15, -0.1) is 0 Å². The summed E-state index contributed by atoms with van der Waals surface area (Å²) < 4.78 is 13.2. The molecular weight excluding hydrogens is 205 g/mol. The smallest absolute Gasteiger partial charge is 0.189 e. The van der Waals surface area contributed by atoms with Crippen molar-refractivity contribution in [3.8, 4) is 0 Å². The number of nitrogens with one attached hydrogen (secondary N) is 1. The van der Waals surface area contributed by atoms with Crippen LogP contribution in [0.2, 0.25) is 0 Å². The molecule has 0 aliphatic carbocycles. The van der Waals surface area contributed by atoms with Crippen LogP contribution < -0.4 is 5.43 Å². The molecule has 1 N–H and O–H groups in total. The van der Waals surface area contributed by atoms with E-state index < -0.39 is 0 Å². The van der Waals surface area contributed by atoms with E-state index in [9.17, 15) is 9.18 Å². The zero-order valence-corrected chi connectivity index (χ0v) is 9.43. The number of aromatic amines is 1. The first-order valence-corrected chi connectivity index (χ1v) is 5.44. The molecule has 0 unspecified atom stereocenters. The Balaban J connectivity index is 2.77. The Bertz CT molecular complexity index is 586. The summed E-state index contributed by atoms with van der Waals surface area (Å²) in [7, 11) is 0. The maximum atomic E-state index is 13.2. The lowest BCUT2D eigenvalue weighted by atomic mass is 10.1. The molecule has 0 atom stereocenters. The van der Waals surface area contributed by atoms with Gasteiger partial charge in [-0.25, -0.2) is 4.39 Å². The van der Waals surface area contributed by atoms with Crippen LogP contribution in [0.1, 0.15) is 24.6 Å². The first-order valence-electron chi connectivity index (χ1n) is 5.44. The third kappa shape index (κ3) is 1.85. The van der Waals surface area contributed by atoms with Crippen LogP contribution in [0, 0.1) is 12.7 Å². The minimum Gasteiger partial charge on any atom is -0.358 e. The van der Waals surface area contributed by atoms with Crippen LogP contribution in [0.3, 0.4) is 0 Å². The van der Waals surface area contributed by atoms with E-state index >= 15 is 0 Å². The zero-order valence-electron chi connectivity index (χ0n) is 9.43. The molecular formula is C13H14FNO. The zero-order chi connectivity index (χ0) is 11.7. The van der Waals surface area contributed by atoms with Crippen LogP contribution in [-0.4, -0.2) is 4.98 Å². The molecule has 0 amide bonds. The van der Waals surface area contributed by atoms with E-state index in [1.807, 2.05) is 0 Å². The van der Waals surface area contributed by atoms with Gasteiger partial charge >= 0.3 is 0 Å². The lowest BCUT2D eigenvalue weighted by molar-refractivity contribution is 0.628. The molecule has 0 aliphatic rings. The summed E-state index contributed by atoms with van der Waals surface area (Å²) in [4.78, 5) is 15.0. The molecule has 3 heteroatoms. The maximum Gasteiger partial charge on any atom is 0.189 e. The third-order valence-corrected chi connectivity index (χ3v) is 2.68. The fourth-order valence-electron chi connectivity index (χ4n) is 1.94. The summed E-state index contributed by atoms with van der Waals surface area (Å²) in [5.74, 6) is -0.362. The number of hydrogen-bond donors (Lipinski definition) is 1. The Labute approximate surface area is 93.1 Å². The Kier molecular flexibility index (Phi) is 2.77. The predicted octanol–water partition coefficient (Wildman–Crippen LogP) is 2.93. The quantitative estimate of drug-likeness (QED) is 0.827. The lowest BCUT2D eigenvalue weighted by Crippen LogP contribution is -2.06. The number of aromatic nitrogens is 1. The summed E-state index contributed by atoms with van der Waals surface area (Å²) in [6, 6.07) is 4.29. The fraction of sp³-hybridized carbons (Fsp3) is 0.308. The predicted molar refractivity (Wildman–Crippen MR) is 63.3 cm³/mol. The highest BCUT2D eigenvalue weighted by atomic mass is 19.1. The molecule has 2 nitrogen and oxygen atoms in total. The first kappa shape index (κ1) is 10.9. The molecule has 1 aromatic carbocycles. The van der Waals surface area contributed by atoms with Crippen molar-refractivity contribution in [1.82, 2.24) is 4.98 Å². The summed E-state index contributed by atoms with van der Waals surface area (Å²) in [5.41, 5.74) is 2.32. The number of halogens is 1. The monoisotopic (exact) mass is 219 g/mol. The van der Waals surface area contributed by atoms with E-state index in [4.69, 9.17) is 0 Å². The number of rotatable bonds is 2. The van der Waals surface area contributed by atoms with Gasteiger partial charge in [-0.3, -0.25) is 4.79 Å². The second-order valence-electron chi connectivity index (χ2n) is 4.05. The van der Waals surface area contributed by atoms with Gasteiger partial charge in [0.1, 0.15) is 5.82 Å². The third-order valence-electron chi connectivity index (χ3n) is 2.68. The van der Waals surface area contributed by atoms with Gasteiger partial charge in [0.25, 0.3) is 0 Å². The molecule has 84 valence electrons. The highest BCUT2D eigenvalue weighted by Gasteiger charge is 2.06. The van der Waals surface area contributed by atoms with Crippen molar-refractivity contribution in [2.24, 2.45) is 0 Å². The molecule has 16 heavy (non-hydrogen) atoms. The van der Waals surface area contributed by atoms with Crippen LogP contribution in [0.15, 0.2) is 23.0 Å². The summed E-state index contributed by atoms with van der Waals surface area (Å²) in [5, 5.41) is 0.428. The Morgan fingerprint density at radius 1 is 1.31 bits per heavy atom. The normalized spacial score (nSPS) is 10.9. The lowest BCUT2D eigenvalue weighted by Gasteiger charge is -2.06. The number of fused-ring (bicyclic) bond motifs is 1. The Morgan fingerprint density at radius 3 is 2.75 bits per heavy atom. The molecule has 0 radical (unpaired) electrons. The van der Waals surface area contributed by atoms with E-state index in [2.05, 4.69) is 11.9 Å². The highest BCUT2D eigenvalue weighted by molar-refractivity contribution is 5.81. The van der Waals surface area contributed by atoms with Crippen molar-refractivity contribution >= 4 is 10.9 Å². The number of aryl methyl sites for hydroxylation is 2. The van der Waals surface area contributed by atoms with Crippen LogP contribution >= 0.6 is 0 Å². The summed E-state index contributed by atoms with van der Waals surface area (Å²) in [6.07, 6.45) is 1.81. The molecule has 0 saturated carbocycles. The molecule has 0 spiro atoms. The Morgan fingerprint density at radius 2 is 2.06 bits per heavy atom.